The van der Waals surface area contributed by atoms with Crippen LogP contribution in [0.5, 0.6) is 0 Å². The lowest BCUT2D eigenvalue weighted by atomic mass is 10.3. The summed E-state index contributed by atoms with van der Waals surface area (Å²) in [6.45, 7) is 1.71. The second-order valence-electron chi connectivity index (χ2n) is 4.32. The first kappa shape index (κ1) is 16.7. The molecule has 0 saturated carbocycles. The van der Waals surface area contributed by atoms with Gasteiger partial charge in [0.05, 0.1) is 17.3 Å². The van der Waals surface area contributed by atoms with Crippen LogP contribution in [0.15, 0.2) is 23.1 Å². The number of anilines is 1. The topological polar surface area (TPSA) is 106 Å². The summed E-state index contributed by atoms with van der Waals surface area (Å²) in [7, 11) is -3.95. The van der Waals surface area contributed by atoms with Gasteiger partial charge >= 0.3 is 0 Å². The maximum absolute atomic E-state index is 12.6. The van der Waals surface area contributed by atoms with Crippen molar-refractivity contribution in [3.8, 4) is 0 Å². The molecule has 0 radical (unpaired) electrons. The maximum Gasteiger partial charge on any atom is 0.247 e. The van der Waals surface area contributed by atoms with Crippen LogP contribution in [-0.4, -0.2) is 31.7 Å². The zero-order valence-corrected chi connectivity index (χ0v) is 12.7. The summed E-state index contributed by atoms with van der Waals surface area (Å²) in [5, 5.41) is 0.0240. The summed E-state index contributed by atoms with van der Waals surface area (Å²) < 4.78 is 26.1. The number of unbranched alkanes of at least 4 members (excludes halogenated alkanes) is 1. The van der Waals surface area contributed by atoms with Crippen LogP contribution < -0.4 is 11.5 Å². The van der Waals surface area contributed by atoms with Gasteiger partial charge in [0.1, 0.15) is 4.90 Å². The van der Waals surface area contributed by atoms with E-state index in [1.54, 1.807) is 6.07 Å². The molecule has 0 saturated heterocycles. The van der Waals surface area contributed by atoms with Gasteiger partial charge < -0.3 is 11.5 Å². The van der Waals surface area contributed by atoms with Crippen molar-refractivity contribution in [1.82, 2.24) is 4.31 Å². The maximum atomic E-state index is 12.6. The fourth-order valence-electron chi connectivity index (χ4n) is 1.72. The molecule has 1 aromatic rings. The van der Waals surface area contributed by atoms with Gasteiger partial charge in [-0.15, -0.1) is 0 Å². The van der Waals surface area contributed by atoms with Crippen molar-refractivity contribution in [2.45, 2.75) is 24.7 Å². The van der Waals surface area contributed by atoms with E-state index in [2.05, 4.69) is 0 Å². The van der Waals surface area contributed by atoms with E-state index in [1.807, 2.05) is 6.92 Å². The molecule has 20 heavy (non-hydrogen) atoms. The summed E-state index contributed by atoms with van der Waals surface area (Å²) in [6.07, 6.45) is 1.39. The number of halogens is 1. The number of carbonyl (C=O) groups excluding carboxylic acids is 1. The van der Waals surface area contributed by atoms with Crippen LogP contribution in [0.3, 0.4) is 0 Å². The number of primary amides is 1. The Morgan fingerprint density at radius 2 is 2.05 bits per heavy atom. The lowest BCUT2D eigenvalue weighted by Crippen LogP contribution is -2.39. The van der Waals surface area contributed by atoms with Gasteiger partial charge in [0.2, 0.25) is 15.9 Å². The largest absolute Gasteiger partial charge is 0.398 e. The fraction of sp³-hybridized carbons (Fsp3) is 0.417. The molecule has 0 fully saturated rings. The molecule has 0 bridgehead atoms. The van der Waals surface area contributed by atoms with E-state index in [-0.39, 0.29) is 22.2 Å². The first-order valence-electron chi connectivity index (χ1n) is 6.13. The predicted octanol–water partition coefficient (Wildman–Crippen LogP) is 1.20. The SMILES string of the molecule is CCCCN(CC(N)=O)S(=O)(=O)c1c(N)cccc1Cl. The van der Waals surface area contributed by atoms with E-state index >= 15 is 0 Å². The van der Waals surface area contributed by atoms with Crippen LogP contribution >= 0.6 is 11.6 Å². The summed E-state index contributed by atoms with van der Waals surface area (Å²) in [6, 6.07) is 4.44. The molecule has 0 atom stereocenters. The van der Waals surface area contributed by atoms with Gasteiger partial charge in [-0.25, -0.2) is 8.42 Å². The minimum absolute atomic E-state index is 0.0240. The molecule has 4 N–H and O–H groups in total. The lowest BCUT2D eigenvalue weighted by molar-refractivity contribution is -0.118. The lowest BCUT2D eigenvalue weighted by Gasteiger charge is -2.22. The van der Waals surface area contributed by atoms with Crippen LogP contribution in [-0.2, 0) is 14.8 Å². The highest BCUT2D eigenvalue weighted by atomic mass is 35.5. The molecule has 0 unspecified atom stereocenters. The smallest absolute Gasteiger partial charge is 0.247 e. The molecule has 1 aromatic carbocycles. The Bertz CT molecular complexity index is 569. The Balaban J connectivity index is 3.25. The van der Waals surface area contributed by atoms with Crippen LogP contribution in [0, 0.1) is 0 Å². The second-order valence-corrected chi connectivity index (χ2v) is 6.60. The Labute approximate surface area is 123 Å². The van der Waals surface area contributed by atoms with Gasteiger partial charge in [-0.2, -0.15) is 4.31 Å². The van der Waals surface area contributed by atoms with Crippen LogP contribution in [0.4, 0.5) is 5.69 Å². The van der Waals surface area contributed by atoms with E-state index in [9.17, 15) is 13.2 Å². The number of sulfonamides is 1. The quantitative estimate of drug-likeness (QED) is 0.736. The van der Waals surface area contributed by atoms with Crippen molar-refractivity contribution in [2.24, 2.45) is 5.73 Å². The first-order valence-corrected chi connectivity index (χ1v) is 7.95. The number of nitrogens with two attached hydrogens (primary N) is 2. The van der Waals surface area contributed by atoms with Gasteiger partial charge in [0.15, 0.2) is 0 Å². The molecule has 112 valence electrons. The average Bonchev–Trinajstić information content (AvgIpc) is 2.33. The fourth-order valence-corrected chi connectivity index (χ4v) is 3.80. The van der Waals surface area contributed by atoms with Gasteiger partial charge in [-0.05, 0) is 18.6 Å². The standard InChI is InChI=1S/C12H18ClN3O3S/c1-2-3-7-16(8-11(15)17)20(18,19)12-9(13)5-4-6-10(12)14/h4-6H,2-3,7-8,14H2,1H3,(H2,15,17). The number of nitrogens with zero attached hydrogens (tertiary/aromatic N) is 1. The first-order chi connectivity index (χ1) is 9.30. The monoisotopic (exact) mass is 319 g/mol. The molecule has 8 heteroatoms. The van der Waals surface area contributed by atoms with Crippen molar-refractivity contribution in [2.75, 3.05) is 18.8 Å². The van der Waals surface area contributed by atoms with E-state index in [0.29, 0.717) is 6.42 Å². The highest BCUT2D eigenvalue weighted by Crippen LogP contribution is 2.29. The minimum atomic E-state index is -3.95. The van der Waals surface area contributed by atoms with E-state index in [4.69, 9.17) is 23.1 Å². The highest BCUT2D eigenvalue weighted by Gasteiger charge is 2.29. The zero-order chi connectivity index (χ0) is 15.3. The normalized spacial score (nSPS) is 11.8. The summed E-state index contributed by atoms with van der Waals surface area (Å²) >= 11 is 5.93. The zero-order valence-electron chi connectivity index (χ0n) is 11.2. The predicted molar refractivity (Wildman–Crippen MR) is 78.7 cm³/mol. The van der Waals surface area contributed by atoms with Crippen molar-refractivity contribution in [3.05, 3.63) is 23.2 Å². The van der Waals surface area contributed by atoms with Crippen LogP contribution in [0.2, 0.25) is 5.02 Å². The number of nitrogen functional groups attached to an aromatic ring is 1. The van der Waals surface area contributed by atoms with Crippen molar-refractivity contribution in [3.63, 3.8) is 0 Å². The Morgan fingerprint density at radius 1 is 1.40 bits per heavy atom. The molecule has 0 aliphatic carbocycles. The number of hydrogen-bond acceptors (Lipinski definition) is 4. The van der Waals surface area contributed by atoms with Gasteiger partial charge in [0.25, 0.3) is 0 Å². The third-order valence-corrected chi connectivity index (χ3v) is 5.08. The second kappa shape index (κ2) is 6.92. The summed E-state index contributed by atoms with van der Waals surface area (Å²) in [4.78, 5) is 10.9. The molecule has 6 nitrogen and oxygen atoms in total. The summed E-state index contributed by atoms with van der Waals surface area (Å²) in [5.41, 5.74) is 10.8. The van der Waals surface area contributed by atoms with Gasteiger partial charge in [-0.3, -0.25) is 4.79 Å². The molecular formula is C12H18ClN3O3S. The average molecular weight is 320 g/mol. The number of benzene rings is 1. The van der Waals surface area contributed by atoms with E-state index < -0.39 is 22.5 Å². The van der Waals surface area contributed by atoms with Crippen molar-refractivity contribution in [1.29, 1.82) is 0 Å². The third-order valence-electron chi connectivity index (χ3n) is 2.69. The number of carbonyl (C=O) groups is 1. The van der Waals surface area contributed by atoms with Crippen molar-refractivity contribution < 1.29 is 13.2 Å². The molecule has 0 spiro atoms. The molecular weight excluding hydrogens is 302 g/mol. The molecule has 0 aliphatic heterocycles. The van der Waals surface area contributed by atoms with Gasteiger partial charge in [0, 0.05) is 6.54 Å². The molecule has 0 aliphatic rings. The molecule has 0 aromatic heterocycles. The van der Waals surface area contributed by atoms with Crippen LogP contribution in [0.1, 0.15) is 19.8 Å². The Morgan fingerprint density at radius 3 is 2.55 bits per heavy atom. The molecule has 0 heterocycles. The summed E-state index contributed by atoms with van der Waals surface area (Å²) in [5.74, 6) is -0.727. The van der Waals surface area contributed by atoms with Crippen molar-refractivity contribution >= 4 is 33.2 Å². The minimum Gasteiger partial charge on any atom is -0.398 e. The third kappa shape index (κ3) is 3.84. The molecule has 1 rings (SSSR count). The highest BCUT2D eigenvalue weighted by molar-refractivity contribution is 7.89. The Kier molecular flexibility index (Phi) is 5.79. The van der Waals surface area contributed by atoms with E-state index in [0.717, 1.165) is 10.7 Å². The number of hydrogen-bond donors (Lipinski definition) is 2. The number of amides is 1. The molecule has 1 amide bonds. The van der Waals surface area contributed by atoms with Gasteiger partial charge in [-0.1, -0.05) is 31.0 Å². The van der Waals surface area contributed by atoms with E-state index in [1.165, 1.54) is 12.1 Å². The Hall–Kier alpha value is -1.31. The number of rotatable bonds is 7. The van der Waals surface area contributed by atoms with Crippen LogP contribution in [0.25, 0.3) is 0 Å².